The number of aromatic amines is 1. The molecule has 22 heavy (non-hydrogen) atoms. The molecule has 2 rings (SSSR count). The summed E-state index contributed by atoms with van der Waals surface area (Å²) in [5.41, 5.74) is 2.88. The summed E-state index contributed by atoms with van der Waals surface area (Å²) in [6, 6.07) is 7.17. The second-order valence-electron chi connectivity index (χ2n) is 5.04. The van der Waals surface area contributed by atoms with Crippen LogP contribution in [0.4, 0.5) is 5.69 Å². The largest absolute Gasteiger partial charge is 0.325 e. The van der Waals surface area contributed by atoms with Crippen LogP contribution in [0.2, 0.25) is 0 Å². The van der Waals surface area contributed by atoms with Gasteiger partial charge in [-0.05, 0) is 43.5 Å². The first-order chi connectivity index (χ1) is 10.5. The van der Waals surface area contributed by atoms with E-state index in [4.69, 9.17) is 0 Å². The number of benzene rings is 1. The third-order valence-corrected chi connectivity index (χ3v) is 4.60. The van der Waals surface area contributed by atoms with Crippen molar-refractivity contribution in [3.05, 3.63) is 51.9 Å². The molecule has 1 aromatic heterocycles. The maximum atomic E-state index is 12.4. The van der Waals surface area contributed by atoms with E-state index in [-0.39, 0.29) is 16.7 Å². The first kappa shape index (κ1) is 16.3. The number of anilines is 1. The van der Waals surface area contributed by atoms with E-state index in [9.17, 15) is 9.59 Å². The lowest BCUT2D eigenvalue weighted by molar-refractivity contribution is -0.115. The molecule has 0 aliphatic carbocycles. The fourth-order valence-electron chi connectivity index (χ4n) is 1.91. The van der Waals surface area contributed by atoms with Gasteiger partial charge in [0.05, 0.1) is 5.25 Å². The fourth-order valence-corrected chi connectivity index (χ4v) is 2.79. The number of carbonyl (C=O) groups is 1. The number of thioether (sulfide) groups is 1. The molecular formula is C16H19N3O2S. The van der Waals surface area contributed by atoms with Crippen molar-refractivity contribution >= 4 is 23.4 Å². The Morgan fingerprint density at radius 2 is 2.09 bits per heavy atom. The molecule has 1 unspecified atom stereocenters. The molecule has 0 aliphatic rings. The summed E-state index contributed by atoms with van der Waals surface area (Å²) in [5.74, 6) is -0.0951. The zero-order valence-electron chi connectivity index (χ0n) is 12.8. The van der Waals surface area contributed by atoms with E-state index < -0.39 is 0 Å². The molecule has 0 aliphatic heterocycles. The van der Waals surface area contributed by atoms with Crippen molar-refractivity contribution in [3.63, 3.8) is 0 Å². The van der Waals surface area contributed by atoms with Crippen molar-refractivity contribution in [2.45, 2.75) is 37.6 Å². The Hall–Kier alpha value is -2.08. The quantitative estimate of drug-likeness (QED) is 0.657. The summed E-state index contributed by atoms with van der Waals surface area (Å²) >= 11 is 1.26. The van der Waals surface area contributed by atoms with Crippen LogP contribution in [0.3, 0.4) is 0 Å². The molecule has 0 spiro atoms. The number of amides is 1. The molecule has 0 bridgehead atoms. The van der Waals surface area contributed by atoms with Crippen molar-refractivity contribution in [1.29, 1.82) is 0 Å². The zero-order valence-corrected chi connectivity index (χ0v) is 13.7. The normalized spacial score (nSPS) is 12.0. The Balaban J connectivity index is 2.08. The molecule has 1 aromatic carbocycles. The number of nitrogens with one attached hydrogen (secondary N) is 2. The Labute approximate surface area is 133 Å². The molecule has 116 valence electrons. The highest BCUT2D eigenvalue weighted by Crippen LogP contribution is 2.23. The van der Waals surface area contributed by atoms with Crippen LogP contribution in [0.15, 0.2) is 40.4 Å². The van der Waals surface area contributed by atoms with Crippen LogP contribution in [-0.4, -0.2) is 21.1 Å². The van der Waals surface area contributed by atoms with Gasteiger partial charge < -0.3 is 10.3 Å². The SMILES string of the molecule is CCC(Sc1nccc(=O)[nH]1)C(=O)Nc1ccc(C)c(C)c1. The lowest BCUT2D eigenvalue weighted by Crippen LogP contribution is -2.25. The van der Waals surface area contributed by atoms with Crippen LogP contribution in [0, 0.1) is 13.8 Å². The molecule has 1 atom stereocenters. The predicted molar refractivity (Wildman–Crippen MR) is 89.3 cm³/mol. The summed E-state index contributed by atoms with van der Waals surface area (Å²) in [7, 11) is 0. The first-order valence-electron chi connectivity index (χ1n) is 7.09. The number of nitrogens with zero attached hydrogens (tertiary/aromatic N) is 1. The van der Waals surface area contributed by atoms with Crippen LogP contribution in [-0.2, 0) is 4.79 Å². The lowest BCUT2D eigenvalue weighted by atomic mass is 10.1. The second-order valence-corrected chi connectivity index (χ2v) is 6.23. The average molecular weight is 317 g/mol. The number of hydrogen-bond donors (Lipinski definition) is 2. The molecule has 2 aromatic rings. The van der Waals surface area contributed by atoms with Crippen molar-refractivity contribution in [2.24, 2.45) is 0 Å². The topological polar surface area (TPSA) is 74.8 Å². The van der Waals surface area contributed by atoms with Gasteiger partial charge in [-0.2, -0.15) is 0 Å². The van der Waals surface area contributed by atoms with E-state index in [1.54, 1.807) is 0 Å². The van der Waals surface area contributed by atoms with Crippen LogP contribution in [0.5, 0.6) is 0 Å². The molecule has 1 amide bonds. The van der Waals surface area contributed by atoms with Gasteiger partial charge in [-0.15, -0.1) is 0 Å². The predicted octanol–water partition coefficient (Wildman–Crippen LogP) is 2.90. The number of aryl methyl sites for hydroxylation is 2. The summed E-state index contributed by atoms with van der Waals surface area (Å²) in [6.45, 7) is 5.97. The highest BCUT2D eigenvalue weighted by atomic mass is 32.2. The van der Waals surface area contributed by atoms with E-state index in [0.717, 1.165) is 11.3 Å². The van der Waals surface area contributed by atoms with Crippen molar-refractivity contribution < 1.29 is 4.79 Å². The van der Waals surface area contributed by atoms with E-state index in [1.165, 1.54) is 29.6 Å². The number of rotatable bonds is 5. The highest BCUT2D eigenvalue weighted by Gasteiger charge is 2.19. The second kappa shape index (κ2) is 7.26. The molecule has 6 heteroatoms. The molecule has 0 radical (unpaired) electrons. The van der Waals surface area contributed by atoms with Crippen molar-refractivity contribution in [2.75, 3.05) is 5.32 Å². The van der Waals surface area contributed by atoms with Gasteiger partial charge in [-0.1, -0.05) is 24.8 Å². The molecule has 2 N–H and O–H groups in total. The van der Waals surface area contributed by atoms with Gasteiger partial charge >= 0.3 is 0 Å². The van der Waals surface area contributed by atoms with Crippen LogP contribution in [0.1, 0.15) is 24.5 Å². The van der Waals surface area contributed by atoms with Gasteiger partial charge in [0.15, 0.2) is 5.16 Å². The molecule has 0 saturated heterocycles. The number of aromatic nitrogens is 2. The number of H-pyrrole nitrogens is 1. The third kappa shape index (κ3) is 4.21. The maximum Gasteiger partial charge on any atom is 0.251 e. The highest BCUT2D eigenvalue weighted by molar-refractivity contribution is 8.00. The minimum atomic E-state index is -0.313. The Bertz CT molecular complexity index is 727. The van der Waals surface area contributed by atoms with Gasteiger partial charge in [0.1, 0.15) is 0 Å². The van der Waals surface area contributed by atoms with E-state index >= 15 is 0 Å². The van der Waals surface area contributed by atoms with Gasteiger partial charge in [0.2, 0.25) is 5.91 Å². The van der Waals surface area contributed by atoms with Crippen molar-refractivity contribution in [1.82, 2.24) is 9.97 Å². The monoisotopic (exact) mass is 317 g/mol. The standard InChI is InChI=1S/C16H19N3O2S/c1-4-13(22-16-17-8-7-14(20)19-16)15(21)18-12-6-5-10(2)11(3)9-12/h5-9,13H,4H2,1-3H3,(H,18,21)(H,17,19,20). The minimum Gasteiger partial charge on any atom is -0.325 e. The first-order valence-corrected chi connectivity index (χ1v) is 7.97. The van der Waals surface area contributed by atoms with Gasteiger partial charge in [-0.25, -0.2) is 4.98 Å². The van der Waals surface area contributed by atoms with E-state index in [0.29, 0.717) is 11.6 Å². The molecule has 1 heterocycles. The van der Waals surface area contributed by atoms with E-state index in [2.05, 4.69) is 15.3 Å². The smallest absolute Gasteiger partial charge is 0.251 e. The molecule has 5 nitrogen and oxygen atoms in total. The van der Waals surface area contributed by atoms with Gasteiger partial charge in [0.25, 0.3) is 5.56 Å². The fraction of sp³-hybridized carbons (Fsp3) is 0.312. The van der Waals surface area contributed by atoms with E-state index in [1.807, 2.05) is 39.0 Å². The summed E-state index contributed by atoms with van der Waals surface area (Å²) in [5, 5.41) is 3.06. The van der Waals surface area contributed by atoms with Crippen LogP contribution in [0.25, 0.3) is 0 Å². The number of hydrogen-bond acceptors (Lipinski definition) is 4. The molecule has 0 saturated carbocycles. The maximum absolute atomic E-state index is 12.4. The Morgan fingerprint density at radius 1 is 1.32 bits per heavy atom. The summed E-state index contributed by atoms with van der Waals surface area (Å²) < 4.78 is 0. The average Bonchev–Trinajstić information content (AvgIpc) is 2.48. The van der Waals surface area contributed by atoms with Crippen LogP contribution >= 0.6 is 11.8 Å². The van der Waals surface area contributed by atoms with Crippen molar-refractivity contribution in [3.8, 4) is 0 Å². The Morgan fingerprint density at radius 3 is 2.73 bits per heavy atom. The van der Waals surface area contributed by atoms with Gasteiger partial charge in [-0.3, -0.25) is 9.59 Å². The Kier molecular flexibility index (Phi) is 5.38. The minimum absolute atomic E-state index is 0.0951. The summed E-state index contributed by atoms with van der Waals surface area (Å²) in [6.07, 6.45) is 2.08. The molecule has 0 fully saturated rings. The zero-order chi connectivity index (χ0) is 16.1. The number of carbonyl (C=O) groups excluding carboxylic acids is 1. The third-order valence-electron chi connectivity index (χ3n) is 3.34. The van der Waals surface area contributed by atoms with Gasteiger partial charge in [0, 0.05) is 18.0 Å². The molecular weight excluding hydrogens is 298 g/mol. The summed E-state index contributed by atoms with van der Waals surface area (Å²) in [4.78, 5) is 30.4. The van der Waals surface area contributed by atoms with Crippen LogP contribution < -0.4 is 10.9 Å². The lowest BCUT2D eigenvalue weighted by Gasteiger charge is -2.14.